The van der Waals surface area contributed by atoms with E-state index in [1.54, 1.807) is 18.2 Å². The Kier molecular flexibility index (Phi) is 4.37. The van der Waals surface area contributed by atoms with Crippen molar-refractivity contribution in [2.75, 3.05) is 11.9 Å². The molecule has 2 aliphatic heterocycles. The van der Waals surface area contributed by atoms with Crippen LogP contribution in [-0.2, 0) is 24.4 Å². The van der Waals surface area contributed by atoms with Gasteiger partial charge in [0.1, 0.15) is 10.6 Å². The molecule has 1 aromatic carbocycles. The van der Waals surface area contributed by atoms with Gasteiger partial charge in [-0.05, 0) is 23.3 Å². The molecule has 11 heteroatoms. The first-order chi connectivity index (χ1) is 14.0. The average Bonchev–Trinajstić information content (AvgIpc) is 3.20. The number of H-pyrrole nitrogens is 1. The van der Waals surface area contributed by atoms with Crippen LogP contribution in [-0.4, -0.2) is 32.3 Å². The monoisotopic (exact) mass is 475 g/mol. The summed E-state index contributed by atoms with van der Waals surface area (Å²) in [4.78, 5) is 45.1. The second-order valence-corrected chi connectivity index (χ2v) is 8.81. The smallest absolute Gasteiger partial charge is 0.287 e. The molecule has 3 N–H and O–H groups in total. The summed E-state index contributed by atoms with van der Waals surface area (Å²) in [5.41, 5.74) is 1.99. The number of ether oxygens (including phenoxy) is 1. The molecular formula is C18H14BrN5O4S. The maximum atomic E-state index is 12.5. The van der Waals surface area contributed by atoms with Gasteiger partial charge in [0, 0.05) is 40.7 Å². The van der Waals surface area contributed by atoms with Crippen LogP contribution in [0.4, 0.5) is 5.69 Å². The van der Waals surface area contributed by atoms with E-state index in [4.69, 9.17) is 4.74 Å². The third kappa shape index (κ3) is 3.30. The lowest BCUT2D eigenvalue weighted by Gasteiger charge is -2.18. The number of halogens is 1. The van der Waals surface area contributed by atoms with E-state index in [0.29, 0.717) is 34.7 Å². The van der Waals surface area contributed by atoms with E-state index in [9.17, 15) is 14.4 Å². The molecule has 0 unspecified atom stereocenters. The fourth-order valence-electron chi connectivity index (χ4n) is 3.40. The van der Waals surface area contributed by atoms with E-state index < -0.39 is 5.91 Å². The van der Waals surface area contributed by atoms with Crippen molar-refractivity contribution in [2.24, 2.45) is 0 Å². The maximum Gasteiger partial charge on any atom is 0.287 e. The second kappa shape index (κ2) is 6.94. The summed E-state index contributed by atoms with van der Waals surface area (Å²) in [5, 5.41) is 6.02. The summed E-state index contributed by atoms with van der Waals surface area (Å²) in [5.74, 6) is -0.131. The Balaban J connectivity index is 1.35. The topological polar surface area (TPSA) is 116 Å². The predicted octanol–water partition coefficient (Wildman–Crippen LogP) is 1.87. The minimum Gasteiger partial charge on any atom is -0.482 e. The highest BCUT2D eigenvalue weighted by molar-refractivity contribution is 9.07. The Morgan fingerprint density at radius 2 is 2.21 bits per heavy atom. The average molecular weight is 476 g/mol. The molecule has 4 heterocycles. The van der Waals surface area contributed by atoms with Crippen LogP contribution in [0.15, 0.2) is 23.0 Å². The molecule has 0 bridgehead atoms. The highest BCUT2D eigenvalue weighted by Crippen LogP contribution is 2.36. The summed E-state index contributed by atoms with van der Waals surface area (Å²) in [6.45, 7) is 1.54. The van der Waals surface area contributed by atoms with Gasteiger partial charge in [-0.15, -0.1) is 11.3 Å². The number of hydrogen-bond acceptors (Lipinski definition) is 7. The highest BCUT2D eigenvalue weighted by atomic mass is 79.9. The number of amides is 2. The number of fused-ring (bicyclic) bond motifs is 4. The molecule has 0 radical (unpaired) electrons. The molecule has 3 aromatic rings. The standard InChI is InChI=1S/C18H14BrN5O4S/c19-24-5-9-12(6-24)29-18-14(9)16(26)22-15(23-18)17(27)20-4-8-1-2-11-10(3-8)21-13(25)7-28-11/h1-3H,4-7H2,(H,20,27)(H,21,25)(H,22,23,26). The largest absolute Gasteiger partial charge is 0.482 e. The van der Waals surface area contributed by atoms with E-state index in [0.717, 1.165) is 16.0 Å². The number of hydrogen-bond donors (Lipinski definition) is 3. The number of thiophene rings is 1. The number of carbonyl (C=O) groups is 2. The SMILES string of the molecule is O=C1COc2ccc(CNC(=O)c3nc4sc5c(c4c(=O)[nH]3)CN(Br)C5)cc2N1. The van der Waals surface area contributed by atoms with E-state index in [2.05, 4.69) is 36.7 Å². The molecule has 2 aliphatic rings. The van der Waals surface area contributed by atoms with Gasteiger partial charge in [0.05, 0.1) is 11.1 Å². The quantitative estimate of drug-likeness (QED) is 0.497. The number of rotatable bonds is 3. The Labute approximate surface area is 176 Å². The van der Waals surface area contributed by atoms with Crippen molar-refractivity contribution in [1.82, 2.24) is 19.2 Å². The number of carbonyl (C=O) groups excluding carboxylic acids is 2. The fraction of sp³-hybridized carbons (Fsp3) is 0.222. The van der Waals surface area contributed by atoms with Gasteiger partial charge in [0.2, 0.25) is 5.82 Å². The number of nitrogens with zero attached hydrogens (tertiary/aromatic N) is 2. The maximum absolute atomic E-state index is 12.5. The van der Waals surface area contributed by atoms with Crippen LogP contribution < -0.4 is 20.9 Å². The van der Waals surface area contributed by atoms with Crippen LogP contribution in [0.25, 0.3) is 10.2 Å². The fourth-order valence-corrected chi connectivity index (χ4v) is 5.27. The third-order valence-corrected chi connectivity index (χ3v) is 6.35. The molecule has 5 rings (SSSR count). The Hall–Kier alpha value is -2.76. The first-order valence-electron chi connectivity index (χ1n) is 8.77. The molecule has 0 saturated carbocycles. The van der Waals surface area contributed by atoms with Crippen LogP contribution in [0.5, 0.6) is 5.75 Å². The van der Waals surface area contributed by atoms with Crippen LogP contribution in [0.3, 0.4) is 0 Å². The molecule has 29 heavy (non-hydrogen) atoms. The Bertz CT molecular complexity index is 1240. The minimum atomic E-state index is -0.474. The normalized spacial score (nSPS) is 15.6. The molecule has 0 spiro atoms. The molecule has 2 aromatic heterocycles. The van der Waals surface area contributed by atoms with Gasteiger partial charge in [-0.1, -0.05) is 6.07 Å². The predicted molar refractivity (Wildman–Crippen MR) is 110 cm³/mol. The molecule has 0 atom stereocenters. The van der Waals surface area contributed by atoms with Crippen molar-refractivity contribution in [3.63, 3.8) is 0 Å². The van der Waals surface area contributed by atoms with Gasteiger partial charge in [0.25, 0.3) is 17.4 Å². The number of nitrogens with one attached hydrogen (secondary N) is 3. The van der Waals surface area contributed by atoms with Gasteiger partial charge < -0.3 is 20.4 Å². The molecular weight excluding hydrogens is 462 g/mol. The van der Waals surface area contributed by atoms with Crippen molar-refractivity contribution < 1.29 is 14.3 Å². The first-order valence-corrected chi connectivity index (χ1v) is 10.3. The third-order valence-electron chi connectivity index (χ3n) is 4.73. The van der Waals surface area contributed by atoms with Crippen molar-refractivity contribution in [3.8, 4) is 5.75 Å². The number of aromatic amines is 1. The minimum absolute atomic E-state index is 0.00951. The summed E-state index contributed by atoms with van der Waals surface area (Å²) in [6, 6.07) is 5.27. The lowest BCUT2D eigenvalue weighted by molar-refractivity contribution is -0.118. The Morgan fingerprint density at radius 3 is 3.07 bits per heavy atom. The summed E-state index contributed by atoms with van der Waals surface area (Å²) in [6.07, 6.45) is 0. The lowest BCUT2D eigenvalue weighted by atomic mass is 10.1. The highest BCUT2D eigenvalue weighted by Gasteiger charge is 2.26. The zero-order chi connectivity index (χ0) is 20.1. The van der Waals surface area contributed by atoms with Crippen molar-refractivity contribution in [1.29, 1.82) is 0 Å². The van der Waals surface area contributed by atoms with Crippen molar-refractivity contribution >= 4 is 55.2 Å². The van der Waals surface area contributed by atoms with E-state index in [1.807, 2.05) is 3.93 Å². The van der Waals surface area contributed by atoms with Gasteiger partial charge in [-0.3, -0.25) is 14.4 Å². The zero-order valence-corrected chi connectivity index (χ0v) is 17.3. The molecule has 148 valence electrons. The van der Waals surface area contributed by atoms with E-state index in [-0.39, 0.29) is 30.4 Å². The number of aromatic nitrogens is 2. The zero-order valence-electron chi connectivity index (χ0n) is 14.9. The van der Waals surface area contributed by atoms with Crippen molar-refractivity contribution in [2.45, 2.75) is 19.6 Å². The van der Waals surface area contributed by atoms with Gasteiger partial charge in [-0.25, -0.2) is 8.91 Å². The first kappa shape index (κ1) is 18.3. The molecule has 0 fully saturated rings. The van der Waals surface area contributed by atoms with Crippen LogP contribution in [0.2, 0.25) is 0 Å². The lowest BCUT2D eigenvalue weighted by Crippen LogP contribution is -2.28. The van der Waals surface area contributed by atoms with E-state index >= 15 is 0 Å². The van der Waals surface area contributed by atoms with Crippen LogP contribution in [0.1, 0.15) is 26.6 Å². The summed E-state index contributed by atoms with van der Waals surface area (Å²) >= 11 is 4.86. The van der Waals surface area contributed by atoms with Gasteiger partial charge in [-0.2, -0.15) is 0 Å². The summed E-state index contributed by atoms with van der Waals surface area (Å²) < 4.78 is 7.26. The molecule has 2 amide bonds. The molecule has 0 saturated heterocycles. The second-order valence-electron chi connectivity index (χ2n) is 6.73. The van der Waals surface area contributed by atoms with Crippen molar-refractivity contribution in [3.05, 3.63) is 50.4 Å². The number of benzene rings is 1. The summed E-state index contributed by atoms with van der Waals surface area (Å²) in [7, 11) is 0. The molecule has 9 nitrogen and oxygen atoms in total. The van der Waals surface area contributed by atoms with Crippen LogP contribution >= 0.6 is 27.5 Å². The Morgan fingerprint density at radius 1 is 1.34 bits per heavy atom. The van der Waals surface area contributed by atoms with Gasteiger partial charge in [0.15, 0.2) is 6.61 Å². The van der Waals surface area contributed by atoms with Gasteiger partial charge >= 0.3 is 0 Å². The van der Waals surface area contributed by atoms with E-state index in [1.165, 1.54) is 11.3 Å². The number of anilines is 1. The molecule has 0 aliphatic carbocycles. The van der Waals surface area contributed by atoms with Crippen LogP contribution in [0, 0.1) is 0 Å².